The minimum Gasteiger partial charge on any atom is -0.486 e. The molecule has 28 heavy (non-hydrogen) atoms. The Morgan fingerprint density at radius 2 is 2.07 bits per heavy atom. The van der Waals surface area contributed by atoms with Gasteiger partial charge in [-0.15, -0.1) is 0 Å². The fourth-order valence-electron chi connectivity index (χ4n) is 3.20. The van der Waals surface area contributed by atoms with E-state index in [1.807, 2.05) is 48.5 Å². The molecule has 0 amide bonds. The molecule has 2 atom stereocenters. The number of carbonyl (C=O) groups is 1. The first kappa shape index (κ1) is 19.9. The van der Waals surface area contributed by atoms with Gasteiger partial charge in [-0.25, -0.2) is 9.18 Å². The van der Waals surface area contributed by atoms with Crippen LogP contribution in [0.1, 0.15) is 12.0 Å². The van der Waals surface area contributed by atoms with E-state index in [4.69, 9.17) is 14.6 Å². The summed E-state index contributed by atoms with van der Waals surface area (Å²) in [5.41, 5.74) is 2.62. The van der Waals surface area contributed by atoms with Crippen LogP contribution in [0.5, 0.6) is 5.75 Å². The number of anilines is 2. The van der Waals surface area contributed by atoms with Crippen LogP contribution in [0.3, 0.4) is 0 Å². The van der Waals surface area contributed by atoms with Gasteiger partial charge in [-0.05, 0) is 36.2 Å². The van der Waals surface area contributed by atoms with Gasteiger partial charge in [0.15, 0.2) is 6.10 Å². The van der Waals surface area contributed by atoms with E-state index in [9.17, 15) is 9.18 Å². The maximum Gasteiger partial charge on any atom is 0.333 e. The van der Waals surface area contributed by atoms with Crippen molar-refractivity contribution in [1.82, 2.24) is 0 Å². The first-order chi connectivity index (χ1) is 13.6. The molecule has 2 unspecified atom stereocenters. The second-order valence-corrected chi connectivity index (χ2v) is 6.65. The molecule has 3 rings (SSSR count). The number of alkyl halides is 1. The molecule has 0 aliphatic carbocycles. The molecule has 7 heteroatoms. The molecule has 150 valence electrons. The second-order valence-electron chi connectivity index (χ2n) is 6.65. The Kier molecular flexibility index (Phi) is 6.71. The highest BCUT2D eigenvalue weighted by molar-refractivity contribution is 5.72. The number of benzene rings is 2. The zero-order valence-corrected chi connectivity index (χ0v) is 15.8. The highest BCUT2D eigenvalue weighted by Crippen LogP contribution is 2.33. The Bertz CT molecular complexity index is 784. The lowest BCUT2D eigenvalue weighted by Crippen LogP contribution is -2.41. The second kappa shape index (κ2) is 9.41. The van der Waals surface area contributed by atoms with Crippen molar-refractivity contribution in [3.63, 3.8) is 0 Å². The van der Waals surface area contributed by atoms with E-state index in [0.29, 0.717) is 19.5 Å². The van der Waals surface area contributed by atoms with Crippen LogP contribution in [0.4, 0.5) is 15.8 Å². The lowest BCUT2D eigenvalue weighted by Gasteiger charge is -2.34. The van der Waals surface area contributed by atoms with Crippen molar-refractivity contribution in [2.75, 3.05) is 37.0 Å². The summed E-state index contributed by atoms with van der Waals surface area (Å²) < 4.78 is 24.6. The van der Waals surface area contributed by atoms with Gasteiger partial charge in [-0.3, -0.25) is 0 Å². The van der Waals surface area contributed by atoms with E-state index in [1.54, 1.807) is 4.90 Å². The number of halogens is 1. The molecule has 1 aliphatic rings. The SMILES string of the molecule is COC(Cc1ccc(NCCCN2c3ccccc3OCC2F)cc1)C(=O)O. The third kappa shape index (κ3) is 4.92. The van der Waals surface area contributed by atoms with Gasteiger partial charge in [0.2, 0.25) is 6.30 Å². The summed E-state index contributed by atoms with van der Waals surface area (Å²) in [6.07, 6.45) is -0.900. The average molecular weight is 388 g/mol. The number of rotatable bonds is 9. The number of hydrogen-bond acceptors (Lipinski definition) is 5. The van der Waals surface area contributed by atoms with Crippen molar-refractivity contribution < 1.29 is 23.8 Å². The van der Waals surface area contributed by atoms with Crippen molar-refractivity contribution in [2.24, 2.45) is 0 Å². The molecule has 1 heterocycles. The zero-order chi connectivity index (χ0) is 19.9. The number of carboxylic acid groups (broad SMARTS) is 1. The quantitative estimate of drug-likeness (QED) is 0.507. The van der Waals surface area contributed by atoms with Crippen molar-refractivity contribution in [1.29, 1.82) is 0 Å². The van der Waals surface area contributed by atoms with E-state index in [2.05, 4.69) is 5.32 Å². The molecule has 0 radical (unpaired) electrons. The van der Waals surface area contributed by atoms with Gasteiger partial charge in [0.25, 0.3) is 0 Å². The minimum atomic E-state index is -1.14. The number of fused-ring (bicyclic) bond motifs is 1. The number of methoxy groups -OCH3 is 1. The van der Waals surface area contributed by atoms with Gasteiger partial charge in [-0.2, -0.15) is 0 Å². The molecule has 0 fully saturated rings. The molecular weight excluding hydrogens is 363 g/mol. The largest absolute Gasteiger partial charge is 0.486 e. The summed E-state index contributed by atoms with van der Waals surface area (Å²) in [4.78, 5) is 12.8. The number of hydrogen-bond donors (Lipinski definition) is 2. The summed E-state index contributed by atoms with van der Waals surface area (Å²) in [5, 5.41) is 12.4. The maximum atomic E-state index is 14.2. The monoisotopic (exact) mass is 388 g/mol. The molecule has 0 bridgehead atoms. The molecule has 2 aromatic rings. The number of nitrogens with zero attached hydrogens (tertiary/aromatic N) is 1. The fraction of sp³-hybridized carbons (Fsp3) is 0.381. The predicted molar refractivity (Wildman–Crippen MR) is 106 cm³/mol. The van der Waals surface area contributed by atoms with Crippen molar-refractivity contribution in [2.45, 2.75) is 25.2 Å². The van der Waals surface area contributed by atoms with Gasteiger partial charge in [0, 0.05) is 32.3 Å². The topological polar surface area (TPSA) is 71.0 Å². The van der Waals surface area contributed by atoms with Gasteiger partial charge < -0.3 is 24.8 Å². The summed E-state index contributed by atoms with van der Waals surface area (Å²) in [6.45, 7) is 1.33. The number of para-hydroxylation sites is 2. The molecule has 0 spiro atoms. The zero-order valence-electron chi connectivity index (χ0n) is 15.8. The lowest BCUT2D eigenvalue weighted by molar-refractivity contribution is -0.148. The van der Waals surface area contributed by atoms with Crippen LogP contribution in [-0.2, 0) is 16.0 Å². The molecular formula is C21H25FN2O4. The summed E-state index contributed by atoms with van der Waals surface area (Å²) in [5.74, 6) is -0.253. The Balaban J connectivity index is 1.47. The molecule has 1 aliphatic heterocycles. The Hall–Kier alpha value is -2.80. The summed E-state index contributed by atoms with van der Waals surface area (Å²) in [6, 6.07) is 15.1. The average Bonchev–Trinajstić information content (AvgIpc) is 2.71. The van der Waals surface area contributed by atoms with E-state index in [1.165, 1.54) is 7.11 Å². The van der Waals surface area contributed by atoms with Crippen molar-refractivity contribution in [3.05, 3.63) is 54.1 Å². The fourth-order valence-corrected chi connectivity index (χ4v) is 3.20. The lowest BCUT2D eigenvalue weighted by atomic mass is 10.1. The van der Waals surface area contributed by atoms with Crippen molar-refractivity contribution >= 4 is 17.3 Å². The number of nitrogens with one attached hydrogen (secondary N) is 1. The van der Waals surface area contributed by atoms with Crippen LogP contribution in [0, 0.1) is 0 Å². The van der Waals surface area contributed by atoms with E-state index in [0.717, 1.165) is 29.1 Å². The Morgan fingerprint density at radius 3 is 2.79 bits per heavy atom. The van der Waals surface area contributed by atoms with Crippen molar-refractivity contribution in [3.8, 4) is 5.75 Å². The smallest absolute Gasteiger partial charge is 0.333 e. The predicted octanol–water partition coefficient (Wildman–Crippen LogP) is 3.33. The highest BCUT2D eigenvalue weighted by atomic mass is 19.1. The van der Waals surface area contributed by atoms with Crippen LogP contribution in [0.15, 0.2) is 48.5 Å². The van der Waals surface area contributed by atoms with Gasteiger partial charge >= 0.3 is 5.97 Å². The molecule has 2 aromatic carbocycles. The third-order valence-corrected chi connectivity index (χ3v) is 4.73. The summed E-state index contributed by atoms with van der Waals surface area (Å²) in [7, 11) is 1.39. The molecule has 6 nitrogen and oxygen atoms in total. The maximum absolute atomic E-state index is 14.2. The van der Waals surface area contributed by atoms with Crippen LogP contribution >= 0.6 is 0 Å². The van der Waals surface area contributed by atoms with Crippen LogP contribution in [0.2, 0.25) is 0 Å². The molecule has 0 saturated carbocycles. The third-order valence-electron chi connectivity index (χ3n) is 4.73. The molecule has 0 aromatic heterocycles. The van der Waals surface area contributed by atoms with Crippen LogP contribution < -0.4 is 15.0 Å². The first-order valence-corrected chi connectivity index (χ1v) is 9.29. The van der Waals surface area contributed by atoms with Crippen LogP contribution in [-0.4, -0.2) is 50.3 Å². The van der Waals surface area contributed by atoms with Gasteiger partial charge in [0.1, 0.15) is 12.4 Å². The van der Waals surface area contributed by atoms with E-state index in [-0.39, 0.29) is 6.61 Å². The van der Waals surface area contributed by atoms with Crippen LogP contribution in [0.25, 0.3) is 0 Å². The Morgan fingerprint density at radius 1 is 1.32 bits per heavy atom. The summed E-state index contributed by atoms with van der Waals surface area (Å²) >= 11 is 0. The van der Waals surface area contributed by atoms with E-state index < -0.39 is 18.4 Å². The molecule has 0 saturated heterocycles. The van der Waals surface area contributed by atoms with Gasteiger partial charge in [0.05, 0.1) is 5.69 Å². The standard InChI is InChI=1S/C21H25FN2O4/c1-27-19(21(25)26)13-15-7-9-16(10-8-15)23-11-4-12-24-17-5-2-3-6-18(17)28-14-20(24)22/h2-3,5-10,19-20,23H,4,11-14H2,1H3,(H,25,26). The highest BCUT2D eigenvalue weighted by Gasteiger charge is 2.26. The van der Waals surface area contributed by atoms with Gasteiger partial charge in [-0.1, -0.05) is 24.3 Å². The Labute approximate surface area is 163 Å². The normalized spacial score (nSPS) is 16.8. The number of aliphatic carboxylic acids is 1. The van der Waals surface area contributed by atoms with E-state index >= 15 is 0 Å². The minimum absolute atomic E-state index is 0.0463. The molecule has 2 N–H and O–H groups in total. The number of carboxylic acids is 1. The first-order valence-electron chi connectivity index (χ1n) is 9.29. The number of ether oxygens (including phenoxy) is 2.